The van der Waals surface area contributed by atoms with Crippen molar-refractivity contribution in [1.82, 2.24) is 4.98 Å². The molecule has 0 atom stereocenters. The number of hydrogen-bond donors (Lipinski definition) is 0. The van der Waals surface area contributed by atoms with Crippen molar-refractivity contribution < 1.29 is 18.0 Å². The van der Waals surface area contributed by atoms with Gasteiger partial charge in [-0.25, -0.2) is 0 Å². The molecule has 72 valence electrons. The second-order valence-electron chi connectivity index (χ2n) is 2.08. The number of carbonyl (C=O) groups is 1. The van der Waals surface area contributed by atoms with Gasteiger partial charge in [-0.1, -0.05) is 0 Å². The highest BCUT2D eigenvalue weighted by Gasteiger charge is 2.30. The van der Waals surface area contributed by atoms with Crippen molar-refractivity contribution >= 4 is 18.7 Å². The predicted octanol–water partition coefficient (Wildman–Crippen LogP) is 2.33. The maximum Gasteiger partial charge on any atom is 0.416 e. The molecule has 1 aromatic rings. The van der Waals surface area contributed by atoms with Crippen LogP contribution < -0.4 is 0 Å². The molecule has 0 fully saturated rings. The van der Waals surface area contributed by atoms with Crippen LogP contribution in [0.4, 0.5) is 13.2 Å². The normalized spacial score (nSPS) is 10.4. The van der Waals surface area contributed by atoms with Crippen LogP contribution in [0.2, 0.25) is 0 Å². The van der Waals surface area contributed by atoms with E-state index in [0.717, 1.165) is 12.3 Å². The van der Waals surface area contributed by atoms with Gasteiger partial charge >= 0.3 is 6.18 Å². The van der Waals surface area contributed by atoms with Gasteiger partial charge in [-0.05, 0) is 12.1 Å². The van der Waals surface area contributed by atoms with E-state index in [1.54, 1.807) is 0 Å². The third-order valence-corrected chi connectivity index (χ3v) is 1.23. The Hall–Kier alpha value is -1.10. The zero-order chi connectivity index (χ0) is 9.19. The first kappa shape index (κ1) is 11.9. The highest BCUT2D eigenvalue weighted by atomic mass is 35.5. The Morgan fingerprint density at radius 1 is 1.38 bits per heavy atom. The average Bonchev–Trinajstić information content (AvgIpc) is 2.03. The number of carbonyl (C=O) groups excluding carboxylic acids is 1. The summed E-state index contributed by atoms with van der Waals surface area (Å²) in [4.78, 5) is 13.5. The lowest BCUT2D eigenvalue weighted by molar-refractivity contribution is -0.137. The summed E-state index contributed by atoms with van der Waals surface area (Å²) in [5.41, 5.74) is -1.08. The summed E-state index contributed by atoms with van der Waals surface area (Å²) >= 11 is 0. The zero-order valence-corrected chi connectivity index (χ0v) is 7.02. The molecule has 13 heavy (non-hydrogen) atoms. The van der Waals surface area contributed by atoms with Crippen molar-refractivity contribution in [2.75, 3.05) is 0 Å². The predicted molar refractivity (Wildman–Crippen MR) is 41.9 cm³/mol. The second-order valence-corrected chi connectivity index (χ2v) is 2.08. The number of rotatable bonds is 1. The van der Waals surface area contributed by atoms with Crippen LogP contribution in [0.5, 0.6) is 0 Å². The molecule has 0 bridgehead atoms. The lowest BCUT2D eigenvalue weighted by atomic mass is 10.2. The summed E-state index contributed by atoms with van der Waals surface area (Å²) in [5.74, 6) is 0. The molecule has 0 aliphatic rings. The van der Waals surface area contributed by atoms with Gasteiger partial charge in [-0.2, -0.15) is 13.2 Å². The van der Waals surface area contributed by atoms with Crippen molar-refractivity contribution in [3.05, 3.63) is 29.6 Å². The number of aldehydes is 1. The molecule has 0 amide bonds. The molecule has 6 heteroatoms. The zero-order valence-electron chi connectivity index (χ0n) is 6.21. The lowest BCUT2D eigenvalue weighted by Crippen LogP contribution is -2.05. The Morgan fingerprint density at radius 3 is 2.46 bits per heavy atom. The van der Waals surface area contributed by atoms with Gasteiger partial charge in [0.25, 0.3) is 0 Å². The van der Waals surface area contributed by atoms with Crippen LogP contribution in [0.3, 0.4) is 0 Å². The van der Waals surface area contributed by atoms with Gasteiger partial charge in [-0.3, -0.25) is 9.78 Å². The first-order valence-corrected chi connectivity index (χ1v) is 3.02. The molecule has 0 saturated heterocycles. The van der Waals surface area contributed by atoms with Crippen LogP contribution in [0.15, 0.2) is 18.3 Å². The molecule has 0 aliphatic heterocycles. The van der Waals surface area contributed by atoms with E-state index in [2.05, 4.69) is 4.98 Å². The van der Waals surface area contributed by atoms with Gasteiger partial charge in [-0.15, -0.1) is 12.4 Å². The summed E-state index contributed by atoms with van der Waals surface area (Å²) in [5, 5.41) is 0. The molecule has 0 saturated carbocycles. The maximum absolute atomic E-state index is 12.0. The smallest absolute Gasteiger partial charge is 0.296 e. The molecule has 0 N–H and O–H groups in total. The third-order valence-electron chi connectivity index (χ3n) is 1.23. The van der Waals surface area contributed by atoms with Gasteiger partial charge < -0.3 is 0 Å². The summed E-state index contributed by atoms with van der Waals surface area (Å²) < 4.78 is 35.9. The Labute approximate surface area is 78.2 Å². The van der Waals surface area contributed by atoms with Crippen LogP contribution in [0.25, 0.3) is 0 Å². The van der Waals surface area contributed by atoms with Crippen molar-refractivity contribution in [3.63, 3.8) is 0 Å². The summed E-state index contributed by atoms with van der Waals surface area (Å²) in [6, 6.07) is 1.51. The van der Waals surface area contributed by atoms with E-state index in [4.69, 9.17) is 0 Å². The van der Waals surface area contributed by atoms with Crippen molar-refractivity contribution in [2.24, 2.45) is 0 Å². The van der Waals surface area contributed by atoms with Gasteiger partial charge in [0.05, 0.1) is 5.56 Å². The van der Waals surface area contributed by atoms with E-state index < -0.39 is 11.7 Å². The van der Waals surface area contributed by atoms with Crippen LogP contribution in [-0.4, -0.2) is 11.3 Å². The van der Waals surface area contributed by atoms with E-state index in [1.807, 2.05) is 0 Å². The number of hydrogen-bond acceptors (Lipinski definition) is 2. The molecule has 0 aromatic carbocycles. The second kappa shape index (κ2) is 4.23. The fraction of sp³-hybridized carbons (Fsp3) is 0.143. The summed E-state index contributed by atoms with van der Waals surface area (Å²) in [7, 11) is 0. The maximum atomic E-state index is 12.0. The van der Waals surface area contributed by atoms with E-state index in [1.165, 1.54) is 0 Å². The van der Waals surface area contributed by atoms with Crippen LogP contribution >= 0.6 is 12.4 Å². The standard InChI is InChI=1S/C7H4F3NO.ClH/c8-7(9,10)5-1-2-11-6(3-5)4-12;/h1-4H;1H. The van der Waals surface area contributed by atoms with Crippen LogP contribution in [0.1, 0.15) is 16.1 Å². The minimum absolute atomic E-state index is 0. The van der Waals surface area contributed by atoms with E-state index in [9.17, 15) is 18.0 Å². The quantitative estimate of drug-likeness (QED) is 0.668. The fourth-order valence-electron chi connectivity index (χ4n) is 0.689. The molecule has 0 spiro atoms. The van der Waals surface area contributed by atoms with Gasteiger partial charge in [0.15, 0.2) is 6.29 Å². The summed E-state index contributed by atoms with van der Waals surface area (Å²) in [6.07, 6.45) is -3.19. The van der Waals surface area contributed by atoms with Crippen molar-refractivity contribution in [3.8, 4) is 0 Å². The molecule has 1 rings (SSSR count). The fourth-order valence-corrected chi connectivity index (χ4v) is 0.689. The largest absolute Gasteiger partial charge is 0.416 e. The molecule has 1 aromatic heterocycles. The van der Waals surface area contributed by atoms with E-state index in [-0.39, 0.29) is 24.4 Å². The Balaban J connectivity index is 0.00000144. The van der Waals surface area contributed by atoms with Crippen molar-refractivity contribution in [2.45, 2.75) is 6.18 Å². The Kier molecular flexibility index (Phi) is 3.87. The van der Waals surface area contributed by atoms with E-state index in [0.29, 0.717) is 6.07 Å². The average molecular weight is 212 g/mol. The molecule has 0 aliphatic carbocycles. The first-order chi connectivity index (χ1) is 5.54. The SMILES string of the molecule is Cl.O=Cc1cc(C(F)(F)F)ccn1. The first-order valence-electron chi connectivity index (χ1n) is 3.02. The van der Waals surface area contributed by atoms with Gasteiger partial charge in [0.2, 0.25) is 0 Å². The number of pyridine rings is 1. The third kappa shape index (κ3) is 3.02. The molecular formula is C7H5ClF3NO. The molecule has 2 nitrogen and oxygen atoms in total. The van der Waals surface area contributed by atoms with Gasteiger partial charge in [0.1, 0.15) is 5.69 Å². The van der Waals surface area contributed by atoms with Crippen LogP contribution in [0, 0.1) is 0 Å². The molecular weight excluding hydrogens is 207 g/mol. The van der Waals surface area contributed by atoms with Crippen molar-refractivity contribution in [1.29, 1.82) is 0 Å². The number of nitrogens with zero attached hydrogens (tertiary/aromatic N) is 1. The number of halogens is 4. The monoisotopic (exact) mass is 211 g/mol. The molecule has 1 heterocycles. The molecule has 0 unspecified atom stereocenters. The highest BCUT2D eigenvalue weighted by Crippen LogP contribution is 2.28. The minimum atomic E-state index is -4.42. The topological polar surface area (TPSA) is 30.0 Å². The number of aromatic nitrogens is 1. The minimum Gasteiger partial charge on any atom is -0.296 e. The Bertz CT molecular complexity index is 300. The lowest BCUT2D eigenvalue weighted by Gasteiger charge is -2.04. The highest BCUT2D eigenvalue weighted by molar-refractivity contribution is 5.85. The summed E-state index contributed by atoms with van der Waals surface area (Å²) in [6.45, 7) is 0. The molecule has 0 radical (unpaired) electrons. The van der Waals surface area contributed by atoms with Gasteiger partial charge in [0, 0.05) is 6.20 Å². The van der Waals surface area contributed by atoms with E-state index >= 15 is 0 Å². The number of alkyl halides is 3. The Morgan fingerprint density at radius 2 is 2.00 bits per heavy atom. The van der Waals surface area contributed by atoms with Crippen LogP contribution in [-0.2, 0) is 6.18 Å².